The van der Waals surface area contributed by atoms with Gasteiger partial charge >= 0.3 is 5.97 Å². The van der Waals surface area contributed by atoms with Crippen molar-refractivity contribution in [1.82, 2.24) is 16.0 Å². The lowest BCUT2D eigenvalue weighted by molar-refractivity contribution is -0.142. The number of thioether (sulfide) groups is 1. The lowest BCUT2D eigenvalue weighted by Crippen LogP contribution is -2.57. The summed E-state index contributed by atoms with van der Waals surface area (Å²) in [6.07, 6.45) is 3.19. The van der Waals surface area contributed by atoms with E-state index in [0.29, 0.717) is 25.1 Å². The van der Waals surface area contributed by atoms with E-state index in [4.69, 9.17) is 17.2 Å². The van der Waals surface area contributed by atoms with E-state index in [9.17, 15) is 29.1 Å². The van der Waals surface area contributed by atoms with Gasteiger partial charge in [0.25, 0.3) is 0 Å². The number of hydrogen-bond donors (Lipinski definition) is 7. The van der Waals surface area contributed by atoms with Crippen LogP contribution in [0.5, 0.6) is 0 Å². The lowest BCUT2D eigenvalue weighted by Gasteiger charge is -2.23. The Bertz CT molecular complexity index is 635. The number of amides is 4. The van der Waals surface area contributed by atoms with Gasteiger partial charge in [-0.25, -0.2) is 4.79 Å². The second-order valence-electron chi connectivity index (χ2n) is 7.03. The highest BCUT2D eigenvalue weighted by Gasteiger charge is 2.29. The highest BCUT2D eigenvalue weighted by atomic mass is 32.2. The molecule has 0 aliphatic heterocycles. The SMILES string of the molecule is CSCCC(NC(=O)C(CC(N)=O)NC(=O)C(C)NC(=O)C(N)CCCCN)C(=O)O. The monoisotopic (exact) mass is 462 g/mol. The van der Waals surface area contributed by atoms with Crippen molar-refractivity contribution >= 4 is 41.4 Å². The fourth-order valence-corrected chi connectivity index (χ4v) is 2.97. The van der Waals surface area contributed by atoms with Crippen LogP contribution in [0, 0.1) is 0 Å². The average Bonchev–Trinajstić information content (AvgIpc) is 2.69. The van der Waals surface area contributed by atoms with Crippen LogP contribution in [0.25, 0.3) is 0 Å². The molecule has 0 bridgehead atoms. The Morgan fingerprint density at radius 3 is 2.06 bits per heavy atom. The molecule has 13 heteroatoms. The zero-order valence-electron chi connectivity index (χ0n) is 17.9. The van der Waals surface area contributed by atoms with Crippen molar-refractivity contribution in [3.05, 3.63) is 0 Å². The molecule has 0 heterocycles. The predicted molar refractivity (Wildman–Crippen MR) is 117 cm³/mol. The van der Waals surface area contributed by atoms with Crippen molar-refractivity contribution in [1.29, 1.82) is 0 Å². The van der Waals surface area contributed by atoms with Gasteiger partial charge < -0.3 is 38.3 Å². The third-order valence-corrected chi connectivity index (χ3v) is 4.97. The van der Waals surface area contributed by atoms with Gasteiger partial charge in [0.15, 0.2) is 0 Å². The van der Waals surface area contributed by atoms with Crippen LogP contribution in [0.2, 0.25) is 0 Å². The number of primary amides is 1. The van der Waals surface area contributed by atoms with Crippen LogP contribution in [0.15, 0.2) is 0 Å². The van der Waals surface area contributed by atoms with Crippen molar-refractivity contribution < 1.29 is 29.1 Å². The molecule has 4 unspecified atom stereocenters. The fraction of sp³-hybridized carbons (Fsp3) is 0.722. The predicted octanol–water partition coefficient (Wildman–Crippen LogP) is -2.37. The number of nitrogens with two attached hydrogens (primary N) is 3. The Hall–Kier alpha value is -2.38. The molecule has 0 saturated carbocycles. The topological polar surface area (TPSA) is 220 Å². The Morgan fingerprint density at radius 2 is 1.55 bits per heavy atom. The first-order valence-electron chi connectivity index (χ1n) is 9.90. The summed E-state index contributed by atoms with van der Waals surface area (Å²) in [6.45, 7) is 1.87. The van der Waals surface area contributed by atoms with E-state index in [1.807, 2.05) is 0 Å². The summed E-state index contributed by atoms with van der Waals surface area (Å²) in [5, 5.41) is 16.3. The Morgan fingerprint density at radius 1 is 0.935 bits per heavy atom. The van der Waals surface area contributed by atoms with E-state index in [2.05, 4.69) is 16.0 Å². The second kappa shape index (κ2) is 15.4. The number of carboxylic acid groups (broad SMARTS) is 1. The molecule has 4 atom stereocenters. The molecule has 0 aliphatic carbocycles. The molecule has 0 saturated heterocycles. The highest BCUT2D eigenvalue weighted by molar-refractivity contribution is 7.98. The normalized spacial score (nSPS) is 14.6. The van der Waals surface area contributed by atoms with Crippen molar-refractivity contribution in [3.63, 3.8) is 0 Å². The van der Waals surface area contributed by atoms with Crippen molar-refractivity contribution in [2.75, 3.05) is 18.6 Å². The molecule has 0 fully saturated rings. The van der Waals surface area contributed by atoms with Crippen LogP contribution < -0.4 is 33.2 Å². The molecule has 0 aromatic rings. The summed E-state index contributed by atoms with van der Waals surface area (Å²) >= 11 is 1.41. The molecular formula is C18H34N6O6S. The van der Waals surface area contributed by atoms with Gasteiger partial charge in [0, 0.05) is 0 Å². The smallest absolute Gasteiger partial charge is 0.326 e. The number of nitrogens with one attached hydrogen (secondary N) is 3. The Labute approximate surface area is 185 Å². The summed E-state index contributed by atoms with van der Waals surface area (Å²) in [5.41, 5.74) is 16.3. The van der Waals surface area contributed by atoms with E-state index in [1.165, 1.54) is 18.7 Å². The lowest BCUT2D eigenvalue weighted by atomic mass is 10.1. The summed E-state index contributed by atoms with van der Waals surface area (Å²) in [6, 6.07) is -4.45. The molecule has 178 valence electrons. The van der Waals surface area contributed by atoms with Gasteiger partial charge in [-0.15, -0.1) is 0 Å². The van der Waals surface area contributed by atoms with Gasteiger partial charge in [-0.2, -0.15) is 11.8 Å². The molecular weight excluding hydrogens is 428 g/mol. The molecule has 0 aliphatic rings. The van der Waals surface area contributed by atoms with E-state index in [1.54, 1.807) is 6.26 Å². The third kappa shape index (κ3) is 12.2. The van der Waals surface area contributed by atoms with Crippen molar-refractivity contribution in [3.8, 4) is 0 Å². The molecule has 12 nitrogen and oxygen atoms in total. The van der Waals surface area contributed by atoms with Gasteiger partial charge in [0.2, 0.25) is 23.6 Å². The van der Waals surface area contributed by atoms with Crippen LogP contribution in [0.1, 0.15) is 39.0 Å². The summed E-state index contributed by atoms with van der Waals surface area (Å²) in [5.74, 6) is -3.78. The first-order valence-corrected chi connectivity index (χ1v) is 11.3. The Kier molecular flexibility index (Phi) is 14.2. The van der Waals surface area contributed by atoms with E-state index < -0.39 is 60.2 Å². The molecule has 4 amide bonds. The van der Waals surface area contributed by atoms with Gasteiger partial charge in [0.05, 0.1) is 12.5 Å². The molecule has 0 spiro atoms. The minimum Gasteiger partial charge on any atom is -0.480 e. The third-order valence-electron chi connectivity index (χ3n) is 4.32. The van der Waals surface area contributed by atoms with Crippen LogP contribution in [-0.2, 0) is 24.0 Å². The minimum atomic E-state index is -1.39. The van der Waals surface area contributed by atoms with E-state index in [-0.39, 0.29) is 6.42 Å². The maximum Gasteiger partial charge on any atom is 0.326 e. The first-order chi connectivity index (χ1) is 14.5. The Balaban J connectivity index is 4.99. The highest BCUT2D eigenvalue weighted by Crippen LogP contribution is 2.03. The summed E-state index contributed by atoms with van der Waals surface area (Å²) in [4.78, 5) is 59.6. The summed E-state index contributed by atoms with van der Waals surface area (Å²) < 4.78 is 0. The van der Waals surface area contributed by atoms with Crippen molar-refractivity contribution in [2.24, 2.45) is 17.2 Å². The number of carboxylic acids is 1. The van der Waals surface area contributed by atoms with Gasteiger partial charge in [-0.1, -0.05) is 6.42 Å². The second-order valence-corrected chi connectivity index (χ2v) is 8.02. The van der Waals surface area contributed by atoms with E-state index >= 15 is 0 Å². The van der Waals surface area contributed by atoms with E-state index in [0.717, 1.165) is 6.42 Å². The minimum absolute atomic E-state index is 0.161. The number of hydrogen-bond acceptors (Lipinski definition) is 8. The number of carbonyl (C=O) groups is 5. The number of unbranched alkanes of at least 4 members (excludes halogenated alkanes) is 1. The number of aliphatic carboxylic acids is 1. The quantitative estimate of drug-likeness (QED) is 0.122. The van der Waals surface area contributed by atoms with Crippen LogP contribution in [0.3, 0.4) is 0 Å². The molecule has 0 rings (SSSR count). The zero-order chi connectivity index (χ0) is 24.0. The molecule has 31 heavy (non-hydrogen) atoms. The molecule has 10 N–H and O–H groups in total. The zero-order valence-corrected chi connectivity index (χ0v) is 18.7. The number of rotatable bonds is 16. The van der Waals surface area contributed by atoms with Gasteiger partial charge in [-0.3, -0.25) is 19.2 Å². The molecule has 0 aromatic heterocycles. The number of carbonyl (C=O) groups excluding carboxylic acids is 4. The maximum absolute atomic E-state index is 12.5. The standard InChI is InChI=1S/C18H34N6O6S/c1-10(22-16(27)11(20)5-3-4-7-19)15(26)24-13(9-14(21)25)17(28)23-12(18(29)30)6-8-31-2/h10-13H,3-9,19-20H2,1-2H3,(H2,21,25)(H,22,27)(H,23,28)(H,24,26)(H,29,30). The van der Waals surface area contributed by atoms with Gasteiger partial charge in [-0.05, 0) is 44.7 Å². The van der Waals surface area contributed by atoms with Crippen LogP contribution in [-0.4, -0.2) is 77.4 Å². The fourth-order valence-electron chi connectivity index (χ4n) is 2.50. The first kappa shape index (κ1) is 28.6. The summed E-state index contributed by atoms with van der Waals surface area (Å²) in [7, 11) is 0. The maximum atomic E-state index is 12.5. The largest absolute Gasteiger partial charge is 0.480 e. The van der Waals surface area contributed by atoms with Crippen LogP contribution >= 0.6 is 11.8 Å². The van der Waals surface area contributed by atoms with Gasteiger partial charge in [0.1, 0.15) is 18.1 Å². The van der Waals surface area contributed by atoms with Crippen molar-refractivity contribution in [2.45, 2.75) is 63.2 Å². The average molecular weight is 463 g/mol. The molecule has 0 radical (unpaired) electrons. The molecule has 0 aromatic carbocycles. The van der Waals surface area contributed by atoms with Crippen LogP contribution in [0.4, 0.5) is 0 Å².